The smallest absolute Gasteiger partial charge is 0.253 e. The second kappa shape index (κ2) is 9.78. The highest BCUT2D eigenvalue weighted by Gasteiger charge is 2.25. The first-order chi connectivity index (χ1) is 14.0. The van der Waals surface area contributed by atoms with Gasteiger partial charge in [0.05, 0.1) is 20.6 Å². The van der Waals surface area contributed by atoms with Crippen LogP contribution in [0.1, 0.15) is 28.8 Å². The Morgan fingerprint density at radius 3 is 2.45 bits per heavy atom. The third-order valence-electron chi connectivity index (χ3n) is 5.03. The Bertz CT molecular complexity index is 879. The van der Waals surface area contributed by atoms with Crippen LogP contribution in [0.4, 0.5) is 0 Å². The Hall–Kier alpha value is -2.54. The first kappa shape index (κ1) is 21.2. The number of halogens is 1. The molecule has 1 saturated heterocycles. The van der Waals surface area contributed by atoms with Gasteiger partial charge in [0, 0.05) is 29.2 Å². The van der Waals surface area contributed by atoms with Gasteiger partial charge in [-0.1, -0.05) is 28.1 Å². The Morgan fingerprint density at radius 1 is 1.07 bits per heavy atom. The number of likely N-dealkylation sites (tertiary alicyclic amines) is 1. The molecule has 1 heterocycles. The van der Waals surface area contributed by atoms with Crippen molar-refractivity contribution in [2.24, 2.45) is 0 Å². The molecule has 6 nitrogen and oxygen atoms in total. The first-order valence-corrected chi connectivity index (χ1v) is 10.3. The van der Waals surface area contributed by atoms with E-state index in [-0.39, 0.29) is 17.9 Å². The van der Waals surface area contributed by atoms with Crippen LogP contribution >= 0.6 is 15.9 Å². The maximum absolute atomic E-state index is 12.8. The van der Waals surface area contributed by atoms with Gasteiger partial charge in [0.25, 0.3) is 5.91 Å². The summed E-state index contributed by atoms with van der Waals surface area (Å²) < 4.78 is 11.5. The SMILES string of the molecule is COc1ccc(C(=O)N2CCC(NC(=O)Cc3cccc(Br)c3)CC2)cc1OC. The summed E-state index contributed by atoms with van der Waals surface area (Å²) in [4.78, 5) is 27.0. The molecule has 1 aliphatic heterocycles. The largest absolute Gasteiger partial charge is 0.493 e. The van der Waals surface area contributed by atoms with Crippen molar-refractivity contribution in [2.75, 3.05) is 27.3 Å². The van der Waals surface area contributed by atoms with Gasteiger partial charge in [-0.25, -0.2) is 0 Å². The maximum Gasteiger partial charge on any atom is 0.253 e. The predicted molar refractivity (Wildman–Crippen MR) is 114 cm³/mol. The standard InChI is InChI=1S/C22H25BrN2O4/c1-28-19-7-6-16(14-20(19)29-2)22(27)25-10-8-18(9-11-25)24-21(26)13-15-4-3-5-17(23)12-15/h3-7,12,14,18H,8-11,13H2,1-2H3,(H,24,26). The van der Waals surface area contributed by atoms with Crippen molar-refractivity contribution in [1.29, 1.82) is 0 Å². The lowest BCUT2D eigenvalue weighted by Crippen LogP contribution is -2.46. The van der Waals surface area contributed by atoms with Crippen molar-refractivity contribution in [3.05, 3.63) is 58.1 Å². The molecule has 0 radical (unpaired) electrons. The van der Waals surface area contributed by atoms with E-state index in [1.165, 1.54) is 0 Å². The number of methoxy groups -OCH3 is 2. The van der Waals surface area contributed by atoms with E-state index < -0.39 is 0 Å². The summed E-state index contributed by atoms with van der Waals surface area (Å²) in [5, 5.41) is 3.09. The molecule has 1 aliphatic rings. The van der Waals surface area contributed by atoms with E-state index in [0.717, 1.165) is 22.9 Å². The van der Waals surface area contributed by atoms with E-state index in [2.05, 4.69) is 21.2 Å². The summed E-state index contributed by atoms with van der Waals surface area (Å²) >= 11 is 3.42. The molecule has 2 aromatic rings. The minimum atomic E-state index is -0.0372. The number of carbonyl (C=O) groups is 2. The molecule has 3 rings (SSSR count). The molecular formula is C22H25BrN2O4. The summed E-state index contributed by atoms with van der Waals surface area (Å²) in [6, 6.07) is 13.0. The molecule has 0 atom stereocenters. The number of hydrogen-bond acceptors (Lipinski definition) is 4. The highest BCUT2D eigenvalue weighted by atomic mass is 79.9. The van der Waals surface area contributed by atoms with E-state index in [9.17, 15) is 9.59 Å². The zero-order chi connectivity index (χ0) is 20.8. The van der Waals surface area contributed by atoms with Gasteiger partial charge in [-0.3, -0.25) is 9.59 Å². The van der Waals surface area contributed by atoms with Gasteiger partial charge in [0.15, 0.2) is 11.5 Å². The first-order valence-electron chi connectivity index (χ1n) is 9.55. The van der Waals surface area contributed by atoms with Crippen LogP contribution in [-0.4, -0.2) is 50.1 Å². The molecule has 0 aromatic heterocycles. The molecule has 0 bridgehead atoms. The lowest BCUT2D eigenvalue weighted by Gasteiger charge is -2.32. The average molecular weight is 461 g/mol. The fourth-order valence-corrected chi connectivity index (χ4v) is 3.94. The van der Waals surface area contributed by atoms with Crippen LogP contribution in [0.3, 0.4) is 0 Å². The number of ether oxygens (including phenoxy) is 2. The topological polar surface area (TPSA) is 67.9 Å². The summed E-state index contributed by atoms with van der Waals surface area (Å²) in [5.41, 5.74) is 1.54. The maximum atomic E-state index is 12.8. The molecule has 2 aromatic carbocycles. The Kier molecular flexibility index (Phi) is 7.14. The fraction of sp³-hybridized carbons (Fsp3) is 0.364. The van der Waals surface area contributed by atoms with Crippen LogP contribution < -0.4 is 14.8 Å². The minimum Gasteiger partial charge on any atom is -0.493 e. The number of nitrogens with one attached hydrogen (secondary N) is 1. The number of piperidine rings is 1. The third-order valence-corrected chi connectivity index (χ3v) is 5.52. The molecule has 1 fully saturated rings. The molecule has 29 heavy (non-hydrogen) atoms. The zero-order valence-electron chi connectivity index (χ0n) is 16.6. The number of hydrogen-bond donors (Lipinski definition) is 1. The average Bonchev–Trinajstić information content (AvgIpc) is 2.73. The second-order valence-electron chi connectivity index (χ2n) is 7.01. The van der Waals surface area contributed by atoms with E-state index in [1.807, 2.05) is 29.2 Å². The highest BCUT2D eigenvalue weighted by Crippen LogP contribution is 2.28. The Balaban J connectivity index is 1.52. The molecule has 0 spiro atoms. The Labute approximate surface area is 179 Å². The zero-order valence-corrected chi connectivity index (χ0v) is 18.2. The molecule has 7 heteroatoms. The van der Waals surface area contributed by atoms with Gasteiger partial charge in [-0.15, -0.1) is 0 Å². The fourth-order valence-electron chi connectivity index (χ4n) is 3.49. The highest BCUT2D eigenvalue weighted by molar-refractivity contribution is 9.10. The quantitative estimate of drug-likeness (QED) is 0.716. The number of rotatable bonds is 6. The normalized spacial score (nSPS) is 14.4. The van der Waals surface area contributed by atoms with Gasteiger partial charge in [0.2, 0.25) is 5.91 Å². The van der Waals surface area contributed by atoms with Crippen LogP contribution in [0, 0.1) is 0 Å². The van der Waals surface area contributed by atoms with E-state index in [0.29, 0.717) is 36.6 Å². The lowest BCUT2D eigenvalue weighted by molar-refractivity contribution is -0.121. The van der Waals surface area contributed by atoms with Crippen LogP contribution in [-0.2, 0) is 11.2 Å². The van der Waals surface area contributed by atoms with Crippen LogP contribution in [0.25, 0.3) is 0 Å². The predicted octanol–water partition coefficient (Wildman–Crippen LogP) is 3.43. The van der Waals surface area contributed by atoms with Crippen LogP contribution in [0.15, 0.2) is 46.9 Å². The molecule has 0 aliphatic carbocycles. The summed E-state index contributed by atoms with van der Waals surface area (Å²) in [6.45, 7) is 1.21. The van der Waals surface area contributed by atoms with Gasteiger partial charge >= 0.3 is 0 Å². The van der Waals surface area contributed by atoms with Gasteiger partial charge in [0.1, 0.15) is 0 Å². The van der Waals surface area contributed by atoms with Crippen molar-refractivity contribution in [2.45, 2.75) is 25.3 Å². The van der Waals surface area contributed by atoms with Crippen LogP contribution in [0.2, 0.25) is 0 Å². The molecule has 2 amide bonds. The van der Waals surface area contributed by atoms with Crippen molar-refractivity contribution in [3.8, 4) is 11.5 Å². The summed E-state index contributed by atoms with van der Waals surface area (Å²) in [5.74, 6) is 1.10. The lowest BCUT2D eigenvalue weighted by atomic mass is 10.0. The Morgan fingerprint density at radius 2 is 1.79 bits per heavy atom. The van der Waals surface area contributed by atoms with E-state index in [1.54, 1.807) is 32.4 Å². The van der Waals surface area contributed by atoms with Crippen molar-refractivity contribution >= 4 is 27.7 Å². The summed E-state index contributed by atoms with van der Waals surface area (Å²) in [6.07, 6.45) is 1.83. The molecule has 154 valence electrons. The van der Waals surface area contributed by atoms with E-state index in [4.69, 9.17) is 9.47 Å². The molecule has 1 N–H and O–H groups in total. The minimum absolute atomic E-state index is 0.00719. The van der Waals surface area contributed by atoms with Gasteiger partial charge in [-0.2, -0.15) is 0 Å². The number of amides is 2. The van der Waals surface area contributed by atoms with Crippen molar-refractivity contribution in [1.82, 2.24) is 10.2 Å². The van der Waals surface area contributed by atoms with Crippen LogP contribution in [0.5, 0.6) is 11.5 Å². The van der Waals surface area contributed by atoms with Gasteiger partial charge in [-0.05, 0) is 48.7 Å². The second-order valence-corrected chi connectivity index (χ2v) is 7.93. The number of nitrogens with zero attached hydrogens (tertiary/aromatic N) is 1. The number of benzene rings is 2. The van der Waals surface area contributed by atoms with E-state index >= 15 is 0 Å². The number of carbonyl (C=O) groups excluding carboxylic acids is 2. The molecular weight excluding hydrogens is 436 g/mol. The molecule has 0 saturated carbocycles. The van der Waals surface area contributed by atoms with Crippen molar-refractivity contribution in [3.63, 3.8) is 0 Å². The monoisotopic (exact) mass is 460 g/mol. The molecule has 0 unspecified atom stereocenters. The third kappa shape index (κ3) is 5.50. The van der Waals surface area contributed by atoms with Gasteiger partial charge < -0.3 is 19.7 Å². The summed E-state index contributed by atoms with van der Waals surface area (Å²) in [7, 11) is 3.11. The van der Waals surface area contributed by atoms with Crippen molar-refractivity contribution < 1.29 is 19.1 Å².